The lowest BCUT2D eigenvalue weighted by Gasteiger charge is -2.19. The maximum atomic E-state index is 12.6. The highest BCUT2D eigenvalue weighted by Crippen LogP contribution is 2.32. The molecule has 1 aromatic carbocycles. The van der Waals surface area contributed by atoms with Gasteiger partial charge in [-0.15, -0.1) is 0 Å². The number of nitrogens with two attached hydrogens (primary N) is 1. The Bertz CT molecular complexity index is 490. The Kier molecular flexibility index (Phi) is 4.68. The summed E-state index contributed by atoms with van der Waals surface area (Å²) >= 11 is 0. The fourth-order valence-electron chi connectivity index (χ4n) is 1.51. The molecule has 0 atom stereocenters. The van der Waals surface area contributed by atoms with Gasteiger partial charge in [0.05, 0.1) is 17.7 Å². The van der Waals surface area contributed by atoms with E-state index < -0.39 is 17.6 Å². The Hall–Kier alpha value is -1.72. The summed E-state index contributed by atoms with van der Waals surface area (Å²) in [4.78, 5) is 0. The zero-order valence-corrected chi connectivity index (χ0v) is 11.8. The van der Waals surface area contributed by atoms with Crippen LogP contribution in [0.15, 0.2) is 18.2 Å². The molecule has 0 aliphatic heterocycles. The summed E-state index contributed by atoms with van der Waals surface area (Å²) in [5.74, 6) is -0.239. The molecule has 0 bridgehead atoms. The highest BCUT2D eigenvalue weighted by Gasteiger charge is 2.31. The van der Waals surface area contributed by atoms with Crippen LogP contribution in [0.3, 0.4) is 0 Å². The average Bonchev–Trinajstić information content (AvgIpc) is 2.25. The van der Waals surface area contributed by atoms with Crippen LogP contribution in [0.25, 0.3) is 0 Å². The molecule has 3 N–H and O–H groups in total. The summed E-state index contributed by atoms with van der Waals surface area (Å²) < 4.78 is 43.3. The van der Waals surface area contributed by atoms with Gasteiger partial charge in [-0.1, -0.05) is 20.8 Å². The quantitative estimate of drug-likeness (QED) is 0.654. The van der Waals surface area contributed by atoms with Crippen molar-refractivity contribution in [3.05, 3.63) is 29.3 Å². The lowest BCUT2D eigenvalue weighted by molar-refractivity contribution is -0.137. The van der Waals surface area contributed by atoms with Crippen LogP contribution >= 0.6 is 0 Å². The minimum atomic E-state index is -4.46. The molecule has 112 valence electrons. The summed E-state index contributed by atoms with van der Waals surface area (Å²) in [6, 6.07) is 2.98. The molecule has 0 aromatic heterocycles. The van der Waals surface area contributed by atoms with E-state index in [4.69, 9.17) is 15.9 Å². The summed E-state index contributed by atoms with van der Waals surface area (Å²) in [6.07, 6.45) is -3.72. The standard InChI is InChI=1S/C14H19F3N2O/c1-13(2,3)6-7-20-11-5-4-9(14(15,16)17)8-10(11)12(18)19/h4-5,8H,6-7H2,1-3H3,(H3,18,19). The minimum absolute atomic E-state index is 0.0336. The number of rotatable bonds is 4. The molecule has 0 fully saturated rings. The lowest BCUT2D eigenvalue weighted by atomic mass is 9.93. The van der Waals surface area contributed by atoms with Gasteiger partial charge in [-0.05, 0) is 30.0 Å². The van der Waals surface area contributed by atoms with Crippen molar-refractivity contribution in [2.75, 3.05) is 6.61 Å². The number of benzene rings is 1. The van der Waals surface area contributed by atoms with Crippen LogP contribution in [0.2, 0.25) is 0 Å². The molecular weight excluding hydrogens is 269 g/mol. The first-order valence-corrected chi connectivity index (χ1v) is 6.19. The number of ether oxygens (including phenoxy) is 1. The van der Waals surface area contributed by atoms with E-state index in [-0.39, 0.29) is 16.7 Å². The molecule has 3 nitrogen and oxygen atoms in total. The summed E-state index contributed by atoms with van der Waals surface area (Å²) in [6.45, 7) is 6.47. The number of halogens is 3. The third-order valence-electron chi connectivity index (χ3n) is 2.71. The molecule has 0 spiro atoms. The smallest absolute Gasteiger partial charge is 0.416 e. The number of amidine groups is 1. The number of nitrogens with one attached hydrogen (secondary N) is 1. The zero-order valence-electron chi connectivity index (χ0n) is 11.8. The van der Waals surface area contributed by atoms with Crippen molar-refractivity contribution in [2.45, 2.75) is 33.4 Å². The van der Waals surface area contributed by atoms with Gasteiger partial charge >= 0.3 is 6.18 Å². The first-order chi connectivity index (χ1) is 9.00. The number of alkyl halides is 3. The van der Waals surface area contributed by atoms with Crippen LogP contribution in [0.4, 0.5) is 13.2 Å². The Morgan fingerprint density at radius 2 is 1.85 bits per heavy atom. The van der Waals surface area contributed by atoms with Crippen LogP contribution in [0.5, 0.6) is 5.75 Å². The first-order valence-electron chi connectivity index (χ1n) is 6.19. The third-order valence-corrected chi connectivity index (χ3v) is 2.71. The zero-order chi connectivity index (χ0) is 15.6. The van der Waals surface area contributed by atoms with E-state index in [1.165, 1.54) is 6.07 Å². The van der Waals surface area contributed by atoms with Gasteiger partial charge in [-0.2, -0.15) is 13.2 Å². The van der Waals surface area contributed by atoms with Crippen LogP contribution in [0.1, 0.15) is 38.3 Å². The Morgan fingerprint density at radius 1 is 1.25 bits per heavy atom. The second-order valence-electron chi connectivity index (χ2n) is 5.78. The predicted molar refractivity (Wildman–Crippen MR) is 72.0 cm³/mol. The van der Waals surface area contributed by atoms with E-state index >= 15 is 0 Å². The predicted octanol–water partition coefficient (Wildman–Crippen LogP) is 3.80. The van der Waals surface area contributed by atoms with E-state index in [2.05, 4.69) is 0 Å². The van der Waals surface area contributed by atoms with Crippen molar-refractivity contribution in [1.82, 2.24) is 0 Å². The second kappa shape index (κ2) is 5.73. The molecule has 0 aliphatic carbocycles. The average molecular weight is 288 g/mol. The van der Waals surface area contributed by atoms with Crippen molar-refractivity contribution in [1.29, 1.82) is 5.41 Å². The van der Waals surface area contributed by atoms with E-state index in [1.807, 2.05) is 20.8 Å². The summed E-state index contributed by atoms with van der Waals surface area (Å²) in [5, 5.41) is 7.37. The fourth-order valence-corrected chi connectivity index (χ4v) is 1.51. The Balaban J connectivity index is 2.94. The van der Waals surface area contributed by atoms with Crippen LogP contribution in [-0.2, 0) is 6.18 Å². The number of hydrogen-bond acceptors (Lipinski definition) is 2. The van der Waals surface area contributed by atoms with Crippen molar-refractivity contribution in [3.8, 4) is 5.75 Å². The molecule has 0 saturated carbocycles. The van der Waals surface area contributed by atoms with Gasteiger partial charge in [0.15, 0.2) is 0 Å². The molecule has 20 heavy (non-hydrogen) atoms. The molecule has 0 saturated heterocycles. The molecular formula is C14H19F3N2O. The topological polar surface area (TPSA) is 59.1 Å². The highest BCUT2D eigenvalue weighted by atomic mass is 19.4. The lowest BCUT2D eigenvalue weighted by Crippen LogP contribution is -2.17. The van der Waals surface area contributed by atoms with Crippen molar-refractivity contribution < 1.29 is 17.9 Å². The van der Waals surface area contributed by atoms with E-state index in [0.717, 1.165) is 18.6 Å². The Labute approximate surface area is 116 Å². The number of hydrogen-bond donors (Lipinski definition) is 2. The monoisotopic (exact) mass is 288 g/mol. The van der Waals surface area contributed by atoms with Gasteiger partial charge in [-0.3, -0.25) is 5.41 Å². The normalized spacial score (nSPS) is 12.3. The van der Waals surface area contributed by atoms with Crippen molar-refractivity contribution in [2.24, 2.45) is 11.1 Å². The maximum absolute atomic E-state index is 12.6. The second-order valence-corrected chi connectivity index (χ2v) is 5.78. The maximum Gasteiger partial charge on any atom is 0.416 e. The van der Waals surface area contributed by atoms with E-state index in [0.29, 0.717) is 6.61 Å². The molecule has 1 aromatic rings. The molecule has 1 rings (SSSR count). The van der Waals surface area contributed by atoms with Crippen LogP contribution in [-0.4, -0.2) is 12.4 Å². The summed E-state index contributed by atoms with van der Waals surface area (Å²) in [5.41, 5.74) is 4.50. The van der Waals surface area contributed by atoms with Gasteiger partial charge in [0.25, 0.3) is 0 Å². The van der Waals surface area contributed by atoms with Crippen LogP contribution in [0, 0.1) is 10.8 Å². The molecule has 0 unspecified atom stereocenters. The molecule has 0 heterocycles. The molecule has 0 amide bonds. The fraction of sp³-hybridized carbons (Fsp3) is 0.500. The molecule has 6 heteroatoms. The minimum Gasteiger partial charge on any atom is -0.493 e. The van der Waals surface area contributed by atoms with Gasteiger partial charge < -0.3 is 10.5 Å². The number of nitrogen functional groups attached to an aromatic ring is 1. The third kappa shape index (κ3) is 4.75. The molecule has 0 aliphatic rings. The van der Waals surface area contributed by atoms with Crippen LogP contribution < -0.4 is 10.5 Å². The first kappa shape index (κ1) is 16.3. The highest BCUT2D eigenvalue weighted by molar-refractivity contribution is 5.97. The largest absolute Gasteiger partial charge is 0.493 e. The van der Waals surface area contributed by atoms with Gasteiger partial charge in [-0.25, -0.2) is 0 Å². The van der Waals surface area contributed by atoms with E-state index in [1.54, 1.807) is 0 Å². The SMILES string of the molecule is CC(C)(C)CCOc1ccc(C(F)(F)F)cc1C(=N)N. The Morgan fingerprint density at radius 3 is 2.30 bits per heavy atom. The van der Waals surface area contributed by atoms with Crippen molar-refractivity contribution in [3.63, 3.8) is 0 Å². The van der Waals surface area contributed by atoms with Gasteiger partial charge in [0, 0.05) is 0 Å². The van der Waals surface area contributed by atoms with Crippen molar-refractivity contribution >= 4 is 5.84 Å². The van der Waals surface area contributed by atoms with Gasteiger partial charge in [0.2, 0.25) is 0 Å². The van der Waals surface area contributed by atoms with Gasteiger partial charge in [0.1, 0.15) is 11.6 Å². The van der Waals surface area contributed by atoms with E-state index in [9.17, 15) is 13.2 Å². The summed E-state index contributed by atoms with van der Waals surface area (Å²) in [7, 11) is 0. The molecule has 0 radical (unpaired) electrons.